The van der Waals surface area contributed by atoms with E-state index in [0.717, 1.165) is 12.0 Å². The molecule has 0 radical (unpaired) electrons. The van der Waals surface area contributed by atoms with Gasteiger partial charge in [-0.1, -0.05) is 0 Å². The van der Waals surface area contributed by atoms with Gasteiger partial charge in [-0.05, 0) is 55.2 Å². The van der Waals surface area contributed by atoms with E-state index in [0.29, 0.717) is 18.5 Å². The number of nitrogens with zero attached hydrogens (tertiary/aromatic N) is 2. The van der Waals surface area contributed by atoms with E-state index in [1.807, 2.05) is 0 Å². The third-order valence-corrected chi connectivity index (χ3v) is 4.39. The van der Waals surface area contributed by atoms with Crippen LogP contribution >= 0.6 is 0 Å². The van der Waals surface area contributed by atoms with Crippen LogP contribution in [0.1, 0.15) is 29.8 Å². The number of hydrogen-bond acceptors (Lipinski definition) is 4. The second-order valence-electron chi connectivity index (χ2n) is 6.11. The molecule has 1 fully saturated rings. The number of hydrogen-bond donors (Lipinski definition) is 3. The molecular weight excluding hydrogens is 313 g/mol. The first kappa shape index (κ1) is 16.6. The minimum Gasteiger partial charge on any atom is -0.390 e. The van der Waals surface area contributed by atoms with Crippen molar-refractivity contribution < 1.29 is 19.4 Å². The number of aliphatic hydroxyl groups is 2. The summed E-state index contributed by atoms with van der Waals surface area (Å²) in [7, 11) is 1.70. The molecule has 128 valence electrons. The van der Waals surface area contributed by atoms with Gasteiger partial charge in [-0.2, -0.15) is 5.10 Å². The Hall–Kier alpha value is -2.25. The summed E-state index contributed by atoms with van der Waals surface area (Å²) >= 11 is 0. The lowest BCUT2D eigenvalue weighted by Gasteiger charge is -2.32. The zero-order valence-electron chi connectivity index (χ0n) is 13.3. The molecule has 1 heterocycles. The van der Waals surface area contributed by atoms with Gasteiger partial charge in [0.2, 0.25) is 0 Å². The smallest absolute Gasteiger partial charge is 0.272 e. The summed E-state index contributed by atoms with van der Waals surface area (Å²) in [6.45, 7) is 0. The fourth-order valence-electron chi connectivity index (χ4n) is 3.03. The van der Waals surface area contributed by atoms with E-state index < -0.39 is 24.2 Å². The Morgan fingerprint density at radius 3 is 2.71 bits per heavy atom. The van der Waals surface area contributed by atoms with Gasteiger partial charge in [-0.25, -0.2) is 4.39 Å². The van der Waals surface area contributed by atoms with Gasteiger partial charge in [0, 0.05) is 7.05 Å². The monoisotopic (exact) mass is 333 g/mol. The maximum atomic E-state index is 13.0. The Labute approximate surface area is 138 Å². The maximum Gasteiger partial charge on any atom is 0.272 e. The zero-order valence-corrected chi connectivity index (χ0v) is 13.3. The first-order valence-corrected chi connectivity index (χ1v) is 7.92. The zero-order chi connectivity index (χ0) is 17.3. The van der Waals surface area contributed by atoms with E-state index in [1.165, 1.54) is 12.1 Å². The lowest BCUT2D eigenvalue weighted by Crippen LogP contribution is -2.51. The molecule has 24 heavy (non-hydrogen) atoms. The van der Waals surface area contributed by atoms with E-state index in [1.54, 1.807) is 29.9 Å². The van der Waals surface area contributed by atoms with Crippen LogP contribution in [0.4, 0.5) is 4.39 Å². The first-order valence-electron chi connectivity index (χ1n) is 7.92. The molecule has 0 unspecified atom stereocenters. The van der Waals surface area contributed by atoms with Crippen LogP contribution in [0.3, 0.4) is 0 Å². The Bertz CT molecular complexity index is 729. The SMILES string of the molecule is Cn1nc(C(=O)N[C@@H]2CCC[C@@H](O)[C@@H]2O)cc1-c1ccc(F)cc1. The quantitative estimate of drug-likeness (QED) is 0.788. The number of carbonyl (C=O) groups is 1. The van der Waals surface area contributed by atoms with E-state index >= 15 is 0 Å². The highest BCUT2D eigenvalue weighted by Gasteiger charge is 2.32. The number of aromatic nitrogens is 2. The average molecular weight is 333 g/mol. The fourth-order valence-corrected chi connectivity index (χ4v) is 3.03. The Morgan fingerprint density at radius 2 is 2.00 bits per heavy atom. The second-order valence-corrected chi connectivity index (χ2v) is 6.11. The van der Waals surface area contributed by atoms with Crippen LogP contribution in [0, 0.1) is 5.82 Å². The average Bonchev–Trinajstić information content (AvgIpc) is 2.94. The number of benzene rings is 1. The molecule has 1 aliphatic carbocycles. The predicted octanol–water partition coefficient (Wildman–Crippen LogP) is 1.23. The maximum absolute atomic E-state index is 13.0. The molecule has 6 nitrogen and oxygen atoms in total. The van der Waals surface area contributed by atoms with Gasteiger partial charge in [-0.3, -0.25) is 9.48 Å². The Morgan fingerprint density at radius 1 is 1.29 bits per heavy atom. The highest BCUT2D eigenvalue weighted by molar-refractivity contribution is 5.93. The van der Waals surface area contributed by atoms with Crippen molar-refractivity contribution >= 4 is 5.91 Å². The molecule has 0 bridgehead atoms. The third kappa shape index (κ3) is 3.32. The second kappa shape index (κ2) is 6.70. The molecular formula is C17H20FN3O3. The van der Waals surface area contributed by atoms with Gasteiger partial charge in [0.15, 0.2) is 5.69 Å². The van der Waals surface area contributed by atoms with Gasteiger partial charge in [0.25, 0.3) is 5.91 Å². The molecule has 7 heteroatoms. The van der Waals surface area contributed by atoms with Crippen molar-refractivity contribution in [3.05, 3.63) is 41.8 Å². The summed E-state index contributed by atoms with van der Waals surface area (Å²) in [5.74, 6) is -0.735. The van der Waals surface area contributed by atoms with Crippen LogP contribution in [0.5, 0.6) is 0 Å². The van der Waals surface area contributed by atoms with E-state index in [9.17, 15) is 19.4 Å². The summed E-state index contributed by atoms with van der Waals surface area (Å²) < 4.78 is 14.6. The number of rotatable bonds is 3. The summed E-state index contributed by atoms with van der Waals surface area (Å²) in [6.07, 6.45) is 0.102. The molecule has 3 atom stereocenters. The van der Waals surface area contributed by atoms with Crippen molar-refractivity contribution in [3.8, 4) is 11.3 Å². The number of carbonyl (C=O) groups excluding carboxylic acids is 1. The van der Waals surface area contributed by atoms with Crippen molar-refractivity contribution in [2.45, 2.75) is 37.5 Å². The van der Waals surface area contributed by atoms with Crippen molar-refractivity contribution in [2.75, 3.05) is 0 Å². The van der Waals surface area contributed by atoms with Crippen LogP contribution in [-0.2, 0) is 7.05 Å². The standard InChI is InChI=1S/C17H20FN3O3/c1-21-14(10-5-7-11(18)8-6-10)9-13(20-21)17(24)19-12-3-2-4-15(22)16(12)23/h5-9,12,15-16,22-23H,2-4H2,1H3,(H,19,24)/t12-,15-,16-/m1/s1. The van der Waals surface area contributed by atoms with Gasteiger partial charge in [0.1, 0.15) is 5.82 Å². The lowest BCUT2D eigenvalue weighted by molar-refractivity contribution is -0.0278. The van der Waals surface area contributed by atoms with Gasteiger partial charge < -0.3 is 15.5 Å². The van der Waals surface area contributed by atoms with Crippen LogP contribution in [0.15, 0.2) is 30.3 Å². The third-order valence-electron chi connectivity index (χ3n) is 4.39. The molecule has 0 aliphatic heterocycles. The van der Waals surface area contributed by atoms with E-state index in [4.69, 9.17) is 0 Å². The van der Waals surface area contributed by atoms with Gasteiger partial charge >= 0.3 is 0 Å². The number of aliphatic hydroxyl groups excluding tert-OH is 2. The molecule has 1 aromatic carbocycles. The topological polar surface area (TPSA) is 87.4 Å². The van der Waals surface area contributed by atoms with Gasteiger partial charge in [-0.15, -0.1) is 0 Å². The highest BCUT2D eigenvalue weighted by atomic mass is 19.1. The highest BCUT2D eigenvalue weighted by Crippen LogP contribution is 2.22. The molecule has 3 N–H and O–H groups in total. The number of halogens is 1. The van der Waals surface area contributed by atoms with Crippen LogP contribution < -0.4 is 5.32 Å². The largest absolute Gasteiger partial charge is 0.390 e. The van der Waals surface area contributed by atoms with Crippen molar-refractivity contribution in [1.29, 1.82) is 0 Å². The first-order chi connectivity index (χ1) is 11.5. The molecule has 2 aromatic rings. The molecule has 1 saturated carbocycles. The van der Waals surface area contributed by atoms with Crippen LogP contribution in [0.2, 0.25) is 0 Å². The van der Waals surface area contributed by atoms with Gasteiger partial charge in [0.05, 0.1) is 23.9 Å². The van der Waals surface area contributed by atoms with Crippen molar-refractivity contribution in [2.24, 2.45) is 7.05 Å². The molecule has 3 rings (SSSR count). The van der Waals surface area contributed by atoms with E-state index in [-0.39, 0.29) is 11.5 Å². The predicted molar refractivity (Wildman–Crippen MR) is 85.7 cm³/mol. The summed E-state index contributed by atoms with van der Waals surface area (Å²) in [4.78, 5) is 12.4. The minimum atomic E-state index is -0.969. The van der Waals surface area contributed by atoms with Crippen molar-refractivity contribution in [1.82, 2.24) is 15.1 Å². The van der Waals surface area contributed by atoms with E-state index in [2.05, 4.69) is 10.4 Å². The Balaban J connectivity index is 1.76. The molecule has 1 aliphatic rings. The summed E-state index contributed by atoms with van der Waals surface area (Å²) in [5, 5.41) is 26.6. The molecule has 0 spiro atoms. The fraction of sp³-hybridized carbons (Fsp3) is 0.412. The minimum absolute atomic E-state index is 0.212. The summed E-state index contributed by atoms with van der Waals surface area (Å²) in [6, 6.07) is 7.07. The normalized spacial score (nSPS) is 23.9. The number of nitrogens with one attached hydrogen (secondary N) is 1. The number of amides is 1. The van der Waals surface area contributed by atoms with Crippen molar-refractivity contribution in [3.63, 3.8) is 0 Å². The molecule has 1 amide bonds. The lowest BCUT2D eigenvalue weighted by atomic mass is 9.90. The van der Waals surface area contributed by atoms with Crippen LogP contribution in [0.25, 0.3) is 11.3 Å². The molecule has 1 aromatic heterocycles. The Kier molecular flexibility index (Phi) is 4.64. The molecule has 0 saturated heterocycles. The van der Waals surface area contributed by atoms with Crippen LogP contribution in [-0.4, -0.2) is 44.2 Å². The number of aryl methyl sites for hydroxylation is 1. The summed E-state index contributed by atoms with van der Waals surface area (Å²) in [5.41, 5.74) is 1.65.